The first-order chi connectivity index (χ1) is 14.0. The van der Waals surface area contributed by atoms with E-state index in [0.29, 0.717) is 44.3 Å². The molecule has 10 nitrogen and oxygen atoms in total. The maximum absolute atomic E-state index is 12.7. The zero-order chi connectivity index (χ0) is 20.1. The number of H-pyrrole nitrogens is 1. The van der Waals surface area contributed by atoms with E-state index in [4.69, 9.17) is 9.72 Å². The van der Waals surface area contributed by atoms with Gasteiger partial charge in [-0.2, -0.15) is 14.6 Å². The van der Waals surface area contributed by atoms with Crippen LogP contribution in [0.2, 0.25) is 0 Å². The van der Waals surface area contributed by atoms with Crippen molar-refractivity contribution in [3.63, 3.8) is 0 Å². The Labute approximate surface area is 167 Å². The Morgan fingerprint density at radius 1 is 1.17 bits per heavy atom. The lowest BCUT2D eigenvalue weighted by atomic mass is 10.1. The molecule has 0 radical (unpaired) electrons. The van der Waals surface area contributed by atoms with Crippen LogP contribution in [0.3, 0.4) is 0 Å². The van der Waals surface area contributed by atoms with Gasteiger partial charge >= 0.3 is 0 Å². The Morgan fingerprint density at radius 3 is 2.76 bits per heavy atom. The SMILES string of the molecule is Cc1cc(N2CCc3c(nc(N4C[C@H](C)O[C@@H](C)C4)[nH]c3=O)C2)n2ncnc2n1. The van der Waals surface area contributed by atoms with Crippen LogP contribution < -0.4 is 15.4 Å². The van der Waals surface area contributed by atoms with Crippen molar-refractivity contribution in [1.82, 2.24) is 29.5 Å². The summed E-state index contributed by atoms with van der Waals surface area (Å²) in [4.78, 5) is 33.5. The van der Waals surface area contributed by atoms with Crippen molar-refractivity contribution in [2.45, 2.75) is 45.9 Å². The van der Waals surface area contributed by atoms with Crippen LogP contribution in [0.4, 0.5) is 11.8 Å². The van der Waals surface area contributed by atoms with Crippen molar-refractivity contribution in [3.8, 4) is 0 Å². The number of fused-ring (bicyclic) bond motifs is 2. The fourth-order valence-electron chi connectivity index (χ4n) is 4.26. The Kier molecular flexibility index (Phi) is 4.23. The third-order valence-electron chi connectivity index (χ3n) is 5.47. The molecule has 0 aromatic carbocycles. The van der Waals surface area contributed by atoms with Gasteiger partial charge in [0.25, 0.3) is 11.3 Å². The van der Waals surface area contributed by atoms with E-state index in [1.54, 1.807) is 4.52 Å². The molecule has 2 aliphatic heterocycles. The molecule has 1 N–H and O–H groups in total. The fraction of sp³-hybridized carbons (Fsp3) is 0.526. The number of nitrogens with one attached hydrogen (secondary N) is 1. The van der Waals surface area contributed by atoms with Crippen LogP contribution in [-0.2, 0) is 17.7 Å². The third-order valence-corrected chi connectivity index (χ3v) is 5.47. The van der Waals surface area contributed by atoms with Crippen LogP contribution >= 0.6 is 0 Å². The first-order valence-electron chi connectivity index (χ1n) is 9.92. The standard InChI is InChI=1S/C19H24N8O2/c1-11-6-16(27-18(22-11)20-10-21-27)25-5-4-14-15(9-25)23-19(24-17(14)28)26-7-12(2)29-13(3)8-26/h6,10,12-13H,4-5,7-9H2,1-3H3,(H,23,24,28)/t12-,13-/m0/s1. The highest BCUT2D eigenvalue weighted by atomic mass is 16.5. The molecule has 1 fully saturated rings. The molecule has 1 saturated heterocycles. The van der Waals surface area contributed by atoms with Crippen LogP contribution in [-0.4, -0.2) is 61.4 Å². The monoisotopic (exact) mass is 396 g/mol. The van der Waals surface area contributed by atoms with Gasteiger partial charge in [0, 0.05) is 37.0 Å². The van der Waals surface area contributed by atoms with Crippen LogP contribution in [0, 0.1) is 6.92 Å². The molecule has 3 aromatic rings. The fourth-order valence-corrected chi connectivity index (χ4v) is 4.26. The molecule has 0 amide bonds. The second-order valence-electron chi connectivity index (χ2n) is 7.88. The summed E-state index contributed by atoms with van der Waals surface area (Å²) in [5.41, 5.74) is 2.40. The van der Waals surface area contributed by atoms with E-state index in [9.17, 15) is 4.79 Å². The minimum atomic E-state index is -0.0479. The van der Waals surface area contributed by atoms with Gasteiger partial charge in [0.1, 0.15) is 12.1 Å². The van der Waals surface area contributed by atoms with Crippen LogP contribution in [0.5, 0.6) is 0 Å². The highest BCUT2D eigenvalue weighted by Gasteiger charge is 2.27. The molecule has 0 saturated carbocycles. The number of rotatable bonds is 2. The average Bonchev–Trinajstić information content (AvgIpc) is 3.14. The number of morpholine rings is 1. The van der Waals surface area contributed by atoms with Gasteiger partial charge in [-0.3, -0.25) is 9.78 Å². The zero-order valence-corrected chi connectivity index (χ0v) is 16.8. The number of ether oxygens (including phenoxy) is 1. The van der Waals surface area contributed by atoms with Gasteiger partial charge in [-0.1, -0.05) is 0 Å². The molecule has 2 aliphatic rings. The first kappa shape index (κ1) is 18.0. The quantitative estimate of drug-likeness (QED) is 0.675. The van der Waals surface area contributed by atoms with Crippen LogP contribution in [0.25, 0.3) is 5.78 Å². The van der Waals surface area contributed by atoms with Crippen molar-refractivity contribution >= 4 is 17.5 Å². The van der Waals surface area contributed by atoms with E-state index in [2.05, 4.69) is 29.9 Å². The number of aryl methyl sites for hydroxylation is 1. The Balaban J connectivity index is 1.50. The van der Waals surface area contributed by atoms with Gasteiger partial charge < -0.3 is 14.5 Å². The Hall–Kier alpha value is -3.01. The summed E-state index contributed by atoms with van der Waals surface area (Å²) >= 11 is 0. The molecule has 152 valence electrons. The van der Waals surface area contributed by atoms with Crippen molar-refractivity contribution < 1.29 is 4.74 Å². The second-order valence-corrected chi connectivity index (χ2v) is 7.88. The van der Waals surface area contributed by atoms with Gasteiger partial charge in [-0.15, -0.1) is 0 Å². The van der Waals surface area contributed by atoms with E-state index < -0.39 is 0 Å². The third kappa shape index (κ3) is 3.23. The van der Waals surface area contributed by atoms with E-state index in [1.807, 2.05) is 26.8 Å². The highest BCUT2D eigenvalue weighted by molar-refractivity contribution is 5.49. The number of nitrogens with zero attached hydrogens (tertiary/aromatic N) is 7. The molecule has 0 unspecified atom stereocenters. The molecular formula is C19H24N8O2. The summed E-state index contributed by atoms with van der Waals surface area (Å²) in [5, 5.41) is 4.31. The van der Waals surface area contributed by atoms with Crippen LogP contribution in [0.15, 0.2) is 17.2 Å². The molecular weight excluding hydrogens is 372 g/mol. The molecule has 2 atom stereocenters. The number of anilines is 2. The molecule has 5 rings (SSSR count). The predicted molar refractivity (Wildman–Crippen MR) is 107 cm³/mol. The molecule has 0 aliphatic carbocycles. The lowest BCUT2D eigenvalue weighted by Crippen LogP contribution is -2.47. The summed E-state index contributed by atoms with van der Waals surface area (Å²) in [6, 6.07) is 1.99. The van der Waals surface area contributed by atoms with Crippen LogP contribution in [0.1, 0.15) is 30.8 Å². The lowest BCUT2D eigenvalue weighted by molar-refractivity contribution is -0.00575. The largest absolute Gasteiger partial charge is 0.372 e. The number of aromatic amines is 1. The minimum absolute atomic E-state index is 0.0479. The maximum atomic E-state index is 12.7. The summed E-state index contributed by atoms with van der Waals surface area (Å²) < 4.78 is 7.54. The summed E-state index contributed by atoms with van der Waals surface area (Å²) in [6.45, 7) is 8.68. The average molecular weight is 396 g/mol. The number of aromatic nitrogens is 6. The lowest BCUT2D eigenvalue weighted by Gasteiger charge is -2.36. The maximum Gasteiger partial charge on any atom is 0.255 e. The molecule has 5 heterocycles. The normalized spacial score (nSPS) is 22.2. The van der Waals surface area contributed by atoms with Gasteiger partial charge in [0.2, 0.25) is 5.95 Å². The molecule has 3 aromatic heterocycles. The molecule has 10 heteroatoms. The summed E-state index contributed by atoms with van der Waals surface area (Å²) in [6.07, 6.45) is 2.32. The molecule has 29 heavy (non-hydrogen) atoms. The van der Waals surface area contributed by atoms with Crippen molar-refractivity contribution in [2.24, 2.45) is 0 Å². The van der Waals surface area contributed by atoms with Crippen molar-refractivity contribution in [1.29, 1.82) is 0 Å². The zero-order valence-electron chi connectivity index (χ0n) is 16.8. The predicted octanol–water partition coefficient (Wildman–Crippen LogP) is 0.692. The van der Waals surface area contributed by atoms with E-state index in [0.717, 1.165) is 22.8 Å². The Bertz CT molecular complexity index is 1110. The van der Waals surface area contributed by atoms with Gasteiger partial charge in [-0.25, -0.2) is 9.97 Å². The van der Waals surface area contributed by atoms with Crippen molar-refractivity contribution in [2.75, 3.05) is 29.4 Å². The van der Waals surface area contributed by atoms with E-state index >= 15 is 0 Å². The number of hydrogen-bond acceptors (Lipinski definition) is 8. The second kappa shape index (κ2) is 6.80. The highest BCUT2D eigenvalue weighted by Crippen LogP contribution is 2.24. The smallest absolute Gasteiger partial charge is 0.255 e. The van der Waals surface area contributed by atoms with E-state index in [1.165, 1.54) is 6.33 Å². The summed E-state index contributed by atoms with van der Waals surface area (Å²) in [7, 11) is 0. The number of hydrogen-bond donors (Lipinski definition) is 1. The molecule has 0 bridgehead atoms. The minimum Gasteiger partial charge on any atom is -0.372 e. The van der Waals surface area contributed by atoms with Gasteiger partial charge in [-0.05, 0) is 27.2 Å². The first-order valence-corrected chi connectivity index (χ1v) is 9.92. The molecule has 0 spiro atoms. The van der Waals surface area contributed by atoms with Gasteiger partial charge in [0.15, 0.2) is 0 Å². The van der Waals surface area contributed by atoms with Crippen molar-refractivity contribution in [3.05, 3.63) is 39.7 Å². The topological polar surface area (TPSA) is 105 Å². The summed E-state index contributed by atoms with van der Waals surface area (Å²) in [5.74, 6) is 2.10. The Morgan fingerprint density at radius 2 is 1.97 bits per heavy atom. The van der Waals surface area contributed by atoms with Gasteiger partial charge in [0.05, 0.1) is 24.4 Å². The van der Waals surface area contributed by atoms with E-state index in [-0.39, 0.29) is 17.8 Å².